The van der Waals surface area contributed by atoms with Crippen LogP contribution in [0.5, 0.6) is 5.75 Å². The highest BCUT2D eigenvalue weighted by atomic mass is 16.3. The van der Waals surface area contributed by atoms with Gasteiger partial charge in [-0.15, -0.1) is 5.10 Å². The van der Waals surface area contributed by atoms with Gasteiger partial charge in [-0.25, -0.2) is 0 Å². The van der Waals surface area contributed by atoms with E-state index in [1.54, 1.807) is 0 Å². The fourth-order valence-corrected chi connectivity index (χ4v) is 3.93. The van der Waals surface area contributed by atoms with Crippen molar-refractivity contribution in [2.75, 3.05) is 0 Å². The van der Waals surface area contributed by atoms with Crippen LogP contribution in [0.1, 0.15) is 43.0 Å². The van der Waals surface area contributed by atoms with Crippen molar-refractivity contribution in [3.05, 3.63) is 74.9 Å². The molecule has 30 heavy (non-hydrogen) atoms. The Balaban J connectivity index is 1.91. The van der Waals surface area contributed by atoms with Crippen LogP contribution in [-0.2, 0) is 5.41 Å². The number of fused-ring (bicyclic) bond motifs is 1. The number of rotatable bonds is 2. The van der Waals surface area contributed by atoms with Gasteiger partial charge < -0.3 is 5.11 Å². The Morgan fingerprint density at radius 2 is 1.63 bits per heavy atom. The molecule has 0 saturated carbocycles. The van der Waals surface area contributed by atoms with E-state index in [-0.39, 0.29) is 16.6 Å². The average molecular weight is 402 g/mol. The number of aryl methyl sites for hydroxylation is 3. The molecule has 5 nitrogen and oxygen atoms in total. The third-order valence-corrected chi connectivity index (χ3v) is 5.50. The molecule has 154 valence electrons. The summed E-state index contributed by atoms with van der Waals surface area (Å²) in [5.74, 6) is 0.166. The van der Waals surface area contributed by atoms with E-state index in [9.17, 15) is 9.90 Å². The SMILES string of the molecule is Cc1ccc(-c2ccc3[nH]n(-c4cc(C)cc(C(C)(C)C)c4O)nc-3c2=O)c(C)c1. The molecule has 0 aromatic heterocycles. The lowest BCUT2D eigenvalue weighted by atomic mass is 9.85. The first-order valence-electron chi connectivity index (χ1n) is 10.1. The lowest BCUT2D eigenvalue weighted by molar-refractivity contribution is 0.440. The topological polar surface area (TPSA) is 70.9 Å². The first kappa shape index (κ1) is 20.0. The van der Waals surface area contributed by atoms with E-state index in [0.29, 0.717) is 22.6 Å². The van der Waals surface area contributed by atoms with Crippen LogP contribution in [0.3, 0.4) is 0 Å². The molecule has 1 heterocycles. The predicted octanol–water partition coefficient (Wildman–Crippen LogP) is 5.26. The van der Waals surface area contributed by atoms with Gasteiger partial charge in [-0.2, -0.15) is 4.80 Å². The zero-order chi connectivity index (χ0) is 21.8. The van der Waals surface area contributed by atoms with Crippen molar-refractivity contribution in [2.45, 2.75) is 47.0 Å². The molecule has 0 radical (unpaired) electrons. The summed E-state index contributed by atoms with van der Waals surface area (Å²) in [6, 6.07) is 13.6. The van der Waals surface area contributed by atoms with Crippen LogP contribution in [0.15, 0.2) is 47.3 Å². The number of aromatic amines is 1. The second kappa shape index (κ2) is 6.87. The second-order valence-electron chi connectivity index (χ2n) is 9.11. The Kier molecular flexibility index (Phi) is 4.57. The van der Waals surface area contributed by atoms with Gasteiger partial charge in [-0.1, -0.05) is 50.6 Å². The number of H-pyrrole nitrogens is 1. The molecule has 0 atom stereocenters. The summed E-state index contributed by atoms with van der Waals surface area (Å²) in [6.07, 6.45) is 0. The van der Waals surface area contributed by atoms with Gasteiger partial charge in [0.25, 0.3) is 0 Å². The molecule has 0 saturated heterocycles. The number of nitrogens with one attached hydrogen (secondary N) is 1. The van der Waals surface area contributed by atoms with Crippen LogP contribution in [-0.4, -0.2) is 20.1 Å². The number of nitrogens with zero attached hydrogens (tertiary/aromatic N) is 2. The molecule has 0 amide bonds. The zero-order valence-corrected chi connectivity index (χ0v) is 18.3. The Bertz CT molecular complexity index is 1290. The van der Waals surface area contributed by atoms with Crippen molar-refractivity contribution in [3.8, 4) is 34.0 Å². The molecule has 4 rings (SSSR count). The van der Waals surface area contributed by atoms with E-state index < -0.39 is 0 Å². The Morgan fingerprint density at radius 3 is 2.30 bits per heavy atom. The van der Waals surface area contributed by atoms with Crippen LogP contribution in [0.25, 0.3) is 28.2 Å². The molecule has 0 fully saturated rings. The Morgan fingerprint density at radius 1 is 0.933 bits per heavy atom. The van der Waals surface area contributed by atoms with E-state index in [4.69, 9.17) is 0 Å². The monoisotopic (exact) mass is 401 g/mol. The number of hydrogen-bond acceptors (Lipinski definition) is 3. The van der Waals surface area contributed by atoms with Crippen molar-refractivity contribution in [3.63, 3.8) is 0 Å². The normalized spacial score (nSPS) is 11.9. The van der Waals surface area contributed by atoms with E-state index >= 15 is 0 Å². The Labute approximate surface area is 176 Å². The highest BCUT2D eigenvalue weighted by Gasteiger charge is 2.24. The summed E-state index contributed by atoms with van der Waals surface area (Å²) in [4.78, 5) is 14.7. The lowest BCUT2D eigenvalue weighted by Crippen LogP contribution is -2.13. The summed E-state index contributed by atoms with van der Waals surface area (Å²) in [5.41, 5.74) is 6.77. The molecule has 2 aromatic carbocycles. The number of aromatic nitrogens is 3. The van der Waals surface area contributed by atoms with Crippen molar-refractivity contribution in [1.82, 2.24) is 15.0 Å². The maximum absolute atomic E-state index is 13.2. The van der Waals surface area contributed by atoms with Crippen LogP contribution >= 0.6 is 0 Å². The van der Waals surface area contributed by atoms with Gasteiger partial charge in [-0.05, 0) is 61.1 Å². The van der Waals surface area contributed by atoms with Gasteiger partial charge in [0, 0.05) is 11.1 Å². The minimum absolute atomic E-state index is 0.127. The summed E-state index contributed by atoms with van der Waals surface area (Å²) in [5, 5.41) is 18.6. The van der Waals surface area contributed by atoms with E-state index in [2.05, 4.69) is 37.0 Å². The fraction of sp³-hybridized carbons (Fsp3) is 0.280. The molecule has 1 aliphatic heterocycles. The standard InChI is InChI=1S/C25H27N3O2/c1-14-7-8-17(16(3)11-14)18-9-10-20-22(23(18)29)27-28(26-20)21-13-15(2)12-19(24(21)30)25(4,5)6/h7-13,26,30H,1-6H3. The largest absolute Gasteiger partial charge is 0.505 e. The number of phenols is 1. The van der Waals surface area contributed by atoms with Crippen LogP contribution in [0.4, 0.5) is 0 Å². The molecule has 2 aromatic rings. The third-order valence-electron chi connectivity index (χ3n) is 5.50. The van der Waals surface area contributed by atoms with Gasteiger partial charge in [0.05, 0.1) is 5.69 Å². The zero-order valence-electron chi connectivity index (χ0n) is 18.3. The van der Waals surface area contributed by atoms with Gasteiger partial charge in [0.1, 0.15) is 11.4 Å². The maximum atomic E-state index is 13.2. The van der Waals surface area contributed by atoms with Crippen LogP contribution in [0, 0.1) is 20.8 Å². The minimum atomic E-state index is -0.225. The quantitative estimate of drug-likeness (QED) is 0.481. The van der Waals surface area contributed by atoms with Gasteiger partial charge >= 0.3 is 0 Å². The third kappa shape index (κ3) is 3.30. The van der Waals surface area contributed by atoms with Gasteiger partial charge in [-0.3, -0.25) is 9.89 Å². The predicted molar refractivity (Wildman–Crippen MR) is 121 cm³/mol. The van der Waals surface area contributed by atoms with Gasteiger partial charge in [0.15, 0.2) is 5.69 Å². The summed E-state index contributed by atoms with van der Waals surface area (Å²) < 4.78 is 0. The molecule has 2 aliphatic rings. The summed E-state index contributed by atoms with van der Waals surface area (Å²) in [6.45, 7) is 12.2. The number of benzene rings is 3. The molecule has 0 bridgehead atoms. The van der Waals surface area contributed by atoms with Crippen molar-refractivity contribution in [2.24, 2.45) is 0 Å². The Hall–Kier alpha value is -3.34. The molecule has 1 aliphatic carbocycles. The molecule has 0 spiro atoms. The lowest BCUT2D eigenvalue weighted by Gasteiger charge is -2.22. The minimum Gasteiger partial charge on any atom is -0.505 e. The number of aromatic hydroxyl groups is 1. The summed E-state index contributed by atoms with van der Waals surface area (Å²) >= 11 is 0. The molecule has 5 heteroatoms. The van der Waals surface area contributed by atoms with Gasteiger partial charge in [0.2, 0.25) is 5.43 Å². The molecule has 2 N–H and O–H groups in total. The molecule has 0 unspecified atom stereocenters. The number of hydrogen-bond donors (Lipinski definition) is 2. The maximum Gasteiger partial charge on any atom is 0.216 e. The first-order chi connectivity index (χ1) is 14.1. The average Bonchev–Trinajstić information content (AvgIpc) is 3.08. The van der Waals surface area contributed by atoms with E-state index in [1.165, 1.54) is 4.80 Å². The van der Waals surface area contributed by atoms with E-state index in [0.717, 1.165) is 27.8 Å². The first-order valence-corrected chi connectivity index (χ1v) is 10.1. The molecular weight excluding hydrogens is 374 g/mol. The number of phenolic OH excluding ortho intramolecular Hbond substituents is 1. The summed E-state index contributed by atoms with van der Waals surface area (Å²) in [7, 11) is 0. The molecular formula is C25H27N3O2. The van der Waals surface area contributed by atoms with Crippen LogP contribution in [0.2, 0.25) is 0 Å². The van der Waals surface area contributed by atoms with Crippen molar-refractivity contribution >= 4 is 0 Å². The second-order valence-corrected chi connectivity index (χ2v) is 9.11. The highest BCUT2D eigenvalue weighted by molar-refractivity contribution is 5.73. The van der Waals surface area contributed by atoms with E-state index in [1.807, 2.05) is 57.2 Å². The van der Waals surface area contributed by atoms with Crippen molar-refractivity contribution < 1.29 is 5.11 Å². The highest BCUT2D eigenvalue weighted by Crippen LogP contribution is 2.36. The smallest absolute Gasteiger partial charge is 0.216 e. The fourth-order valence-electron chi connectivity index (χ4n) is 3.93. The van der Waals surface area contributed by atoms with Crippen molar-refractivity contribution in [1.29, 1.82) is 0 Å². The van der Waals surface area contributed by atoms with Crippen LogP contribution < -0.4 is 5.43 Å².